The number of halogens is 3. The second-order valence-electron chi connectivity index (χ2n) is 6.38. The standard InChI is InChI=1S/C16H19Cl3N4O6/c1-10(2)12(13(25)21-5-3-4-6-21)23(29-11(24)9-16(17,18)19)20-14(26)22-7-8-28-15(22)27/h3-6,10,12H,7-9H2,1-2H3,(H,20,26)/t12-/m1/s1. The van der Waals surface area contributed by atoms with Gasteiger partial charge in [0.15, 0.2) is 0 Å². The number of nitrogens with zero attached hydrogens (tertiary/aromatic N) is 3. The predicted octanol–water partition coefficient (Wildman–Crippen LogP) is 2.75. The molecule has 0 spiro atoms. The van der Waals surface area contributed by atoms with Crippen LogP contribution in [0.2, 0.25) is 0 Å². The minimum absolute atomic E-state index is 0.00149. The third-order valence-corrected chi connectivity index (χ3v) is 4.15. The quantitative estimate of drug-likeness (QED) is 0.504. The van der Waals surface area contributed by atoms with Crippen LogP contribution >= 0.6 is 34.8 Å². The van der Waals surface area contributed by atoms with Crippen molar-refractivity contribution in [1.29, 1.82) is 0 Å². The number of ether oxygens (including phenoxy) is 1. The number of carbonyl (C=O) groups is 4. The molecule has 0 radical (unpaired) electrons. The van der Waals surface area contributed by atoms with Crippen molar-refractivity contribution in [3.8, 4) is 0 Å². The van der Waals surface area contributed by atoms with Gasteiger partial charge in [-0.1, -0.05) is 48.7 Å². The Hall–Kier alpha value is -2.01. The third kappa shape index (κ3) is 6.49. The maximum atomic E-state index is 12.9. The molecule has 0 aliphatic carbocycles. The first-order chi connectivity index (χ1) is 13.5. The SMILES string of the molecule is CC(C)[C@H](C(=O)n1cccc1)N(NC(=O)N1CCOC1=O)OC(=O)CC(Cl)(Cl)Cl. The Labute approximate surface area is 181 Å². The van der Waals surface area contributed by atoms with Crippen LogP contribution in [0.4, 0.5) is 9.59 Å². The molecule has 1 saturated heterocycles. The third-order valence-electron chi connectivity index (χ3n) is 3.75. The molecule has 1 aliphatic rings. The van der Waals surface area contributed by atoms with Crippen LogP contribution in [0.25, 0.3) is 0 Å². The van der Waals surface area contributed by atoms with Gasteiger partial charge in [-0.15, -0.1) is 0 Å². The van der Waals surface area contributed by atoms with Gasteiger partial charge in [-0.2, -0.15) is 0 Å². The zero-order valence-electron chi connectivity index (χ0n) is 15.5. The predicted molar refractivity (Wildman–Crippen MR) is 103 cm³/mol. The first kappa shape index (κ1) is 23.3. The fourth-order valence-corrected chi connectivity index (χ4v) is 2.81. The summed E-state index contributed by atoms with van der Waals surface area (Å²) in [6.07, 6.45) is 1.49. The van der Waals surface area contributed by atoms with Crippen LogP contribution in [0, 0.1) is 5.92 Å². The summed E-state index contributed by atoms with van der Waals surface area (Å²) in [5.41, 5.74) is 2.24. The summed E-state index contributed by atoms with van der Waals surface area (Å²) in [7, 11) is 0. The highest BCUT2D eigenvalue weighted by molar-refractivity contribution is 6.68. The van der Waals surface area contributed by atoms with Crippen molar-refractivity contribution in [2.75, 3.05) is 13.2 Å². The van der Waals surface area contributed by atoms with E-state index in [4.69, 9.17) is 44.4 Å². The lowest BCUT2D eigenvalue weighted by molar-refractivity contribution is -0.214. The van der Waals surface area contributed by atoms with E-state index in [1.165, 1.54) is 17.0 Å². The molecule has 3 amide bonds. The molecule has 13 heteroatoms. The van der Waals surface area contributed by atoms with Gasteiger partial charge in [0.1, 0.15) is 12.6 Å². The van der Waals surface area contributed by atoms with E-state index in [1.54, 1.807) is 26.0 Å². The molecule has 0 saturated carbocycles. The van der Waals surface area contributed by atoms with Crippen molar-refractivity contribution in [2.45, 2.75) is 30.1 Å². The number of hydrogen-bond acceptors (Lipinski definition) is 7. The van der Waals surface area contributed by atoms with E-state index in [-0.39, 0.29) is 13.2 Å². The maximum absolute atomic E-state index is 12.9. The van der Waals surface area contributed by atoms with Crippen LogP contribution in [0.5, 0.6) is 0 Å². The van der Waals surface area contributed by atoms with E-state index in [1.807, 2.05) is 0 Å². The number of imide groups is 1. The van der Waals surface area contributed by atoms with E-state index in [2.05, 4.69) is 5.43 Å². The summed E-state index contributed by atoms with van der Waals surface area (Å²) in [6, 6.07) is 1.17. The minimum Gasteiger partial charge on any atom is -0.447 e. The average Bonchev–Trinajstić information content (AvgIpc) is 3.23. The van der Waals surface area contributed by atoms with Crippen LogP contribution in [0.15, 0.2) is 24.5 Å². The lowest BCUT2D eigenvalue weighted by atomic mass is 10.0. The lowest BCUT2D eigenvalue weighted by Crippen LogP contribution is -2.58. The first-order valence-electron chi connectivity index (χ1n) is 8.48. The number of carbonyl (C=O) groups excluding carboxylic acids is 4. The molecule has 1 aromatic heterocycles. The molecular formula is C16H19Cl3N4O6. The highest BCUT2D eigenvalue weighted by atomic mass is 35.6. The van der Waals surface area contributed by atoms with E-state index in [0.717, 1.165) is 4.90 Å². The summed E-state index contributed by atoms with van der Waals surface area (Å²) in [4.78, 5) is 55.1. The van der Waals surface area contributed by atoms with Crippen LogP contribution in [0.1, 0.15) is 25.1 Å². The molecule has 10 nitrogen and oxygen atoms in total. The normalized spacial score (nSPS) is 15.4. The maximum Gasteiger partial charge on any atom is 0.418 e. The lowest BCUT2D eigenvalue weighted by Gasteiger charge is -2.32. The molecule has 1 aliphatic heterocycles. The van der Waals surface area contributed by atoms with Crippen LogP contribution in [-0.2, 0) is 14.4 Å². The zero-order chi connectivity index (χ0) is 21.8. The van der Waals surface area contributed by atoms with Gasteiger partial charge < -0.3 is 9.57 Å². The highest BCUT2D eigenvalue weighted by Crippen LogP contribution is 2.30. The Morgan fingerprint density at radius 2 is 1.90 bits per heavy atom. The van der Waals surface area contributed by atoms with E-state index >= 15 is 0 Å². The number of nitrogens with one attached hydrogen (secondary N) is 1. The summed E-state index contributed by atoms with van der Waals surface area (Å²) < 4.78 is 4.03. The molecule has 160 valence electrons. The highest BCUT2D eigenvalue weighted by Gasteiger charge is 2.38. The largest absolute Gasteiger partial charge is 0.447 e. The van der Waals surface area contributed by atoms with Gasteiger partial charge >= 0.3 is 18.1 Å². The van der Waals surface area contributed by atoms with Gasteiger partial charge in [-0.05, 0) is 23.2 Å². The van der Waals surface area contributed by atoms with Crippen LogP contribution < -0.4 is 5.43 Å². The van der Waals surface area contributed by atoms with Crippen molar-refractivity contribution in [3.05, 3.63) is 24.5 Å². The number of cyclic esters (lactones) is 1. The summed E-state index contributed by atoms with van der Waals surface area (Å²) in [5.74, 6) is -1.95. The van der Waals surface area contributed by atoms with E-state index in [0.29, 0.717) is 5.17 Å². The monoisotopic (exact) mass is 468 g/mol. The van der Waals surface area contributed by atoms with Crippen molar-refractivity contribution >= 4 is 58.8 Å². The molecule has 2 heterocycles. The van der Waals surface area contributed by atoms with Crippen molar-refractivity contribution in [1.82, 2.24) is 20.1 Å². The number of hydroxylamine groups is 1. The number of aromatic nitrogens is 1. The average molecular weight is 470 g/mol. The van der Waals surface area contributed by atoms with Crippen LogP contribution in [-0.4, -0.2) is 61.6 Å². The van der Waals surface area contributed by atoms with E-state index in [9.17, 15) is 19.2 Å². The fourth-order valence-electron chi connectivity index (χ4n) is 2.48. The van der Waals surface area contributed by atoms with Crippen molar-refractivity contribution < 1.29 is 28.8 Å². The number of hydrazine groups is 1. The number of urea groups is 1. The molecular weight excluding hydrogens is 451 g/mol. The number of alkyl halides is 3. The smallest absolute Gasteiger partial charge is 0.418 e. The Balaban J connectivity index is 2.27. The minimum atomic E-state index is -1.94. The second-order valence-corrected chi connectivity index (χ2v) is 8.90. The van der Waals surface area contributed by atoms with E-state index < -0.39 is 46.2 Å². The van der Waals surface area contributed by atoms with Gasteiger partial charge in [-0.25, -0.2) is 19.9 Å². The summed E-state index contributed by atoms with van der Waals surface area (Å²) in [6.45, 7) is 3.38. The number of rotatable bonds is 6. The molecule has 1 aromatic rings. The van der Waals surface area contributed by atoms with Crippen LogP contribution in [0.3, 0.4) is 0 Å². The molecule has 29 heavy (non-hydrogen) atoms. The Morgan fingerprint density at radius 1 is 1.28 bits per heavy atom. The summed E-state index contributed by atoms with van der Waals surface area (Å²) >= 11 is 16.8. The molecule has 0 unspecified atom stereocenters. The molecule has 0 bridgehead atoms. The van der Waals surface area contributed by atoms with Crippen molar-refractivity contribution in [3.63, 3.8) is 0 Å². The van der Waals surface area contributed by atoms with Gasteiger partial charge in [-0.3, -0.25) is 14.2 Å². The van der Waals surface area contributed by atoms with Gasteiger partial charge in [0.2, 0.25) is 3.79 Å². The number of hydrogen-bond donors (Lipinski definition) is 1. The summed E-state index contributed by atoms with van der Waals surface area (Å²) in [5, 5.41) is 0.666. The molecule has 1 fully saturated rings. The molecule has 1 N–H and O–H groups in total. The second kappa shape index (κ2) is 9.66. The fraction of sp³-hybridized carbons (Fsp3) is 0.500. The van der Waals surface area contributed by atoms with Gasteiger partial charge in [0, 0.05) is 12.4 Å². The molecule has 1 atom stereocenters. The van der Waals surface area contributed by atoms with Gasteiger partial charge in [0.05, 0.1) is 13.0 Å². The Kier molecular flexibility index (Phi) is 7.75. The molecule has 0 aromatic carbocycles. The Bertz CT molecular complexity index is 765. The molecule has 2 rings (SSSR count). The Morgan fingerprint density at radius 3 is 2.38 bits per heavy atom. The zero-order valence-corrected chi connectivity index (χ0v) is 17.8. The first-order valence-corrected chi connectivity index (χ1v) is 9.62. The van der Waals surface area contributed by atoms with Crippen molar-refractivity contribution in [2.24, 2.45) is 5.92 Å². The number of amides is 3. The topological polar surface area (TPSA) is 110 Å². The van der Waals surface area contributed by atoms with Gasteiger partial charge in [0.25, 0.3) is 5.91 Å².